The number of urea groups is 1. The van der Waals surface area contributed by atoms with Crippen molar-refractivity contribution in [1.82, 2.24) is 10.2 Å². The third kappa shape index (κ3) is 5.34. The molecule has 2 atom stereocenters. The first-order valence-corrected chi connectivity index (χ1v) is 6.97. The second-order valence-corrected chi connectivity index (χ2v) is 4.80. The minimum atomic E-state index is -1.05. The van der Waals surface area contributed by atoms with Crippen molar-refractivity contribution in [3.05, 3.63) is 0 Å². The lowest BCUT2D eigenvalue weighted by atomic mass is 10.2. The number of hydrogen-bond acceptors (Lipinski definition) is 4. The Balaban J connectivity index is 2.48. The van der Waals surface area contributed by atoms with E-state index in [1.165, 1.54) is 7.11 Å². The summed E-state index contributed by atoms with van der Waals surface area (Å²) < 4.78 is 10.3. The quantitative estimate of drug-likeness (QED) is 0.686. The minimum absolute atomic E-state index is 0.0583. The molecule has 20 heavy (non-hydrogen) atoms. The maximum Gasteiger partial charge on any atom is 0.326 e. The van der Waals surface area contributed by atoms with Crippen molar-refractivity contribution in [2.75, 3.05) is 33.4 Å². The van der Waals surface area contributed by atoms with E-state index in [9.17, 15) is 9.59 Å². The van der Waals surface area contributed by atoms with Crippen molar-refractivity contribution < 1.29 is 24.2 Å². The zero-order chi connectivity index (χ0) is 15.0. The zero-order valence-electron chi connectivity index (χ0n) is 12.1. The summed E-state index contributed by atoms with van der Waals surface area (Å²) >= 11 is 0. The van der Waals surface area contributed by atoms with Gasteiger partial charge in [-0.2, -0.15) is 0 Å². The van der Waals surface area contributed by atoms with Crippen LogP contribution >= 0.6 is 0 Å². The Kier molecular flexibility index (Phi) is 7.32. The molecule has 2 amide bonds. The Morgan fingerprint density at radius 1 is 1.55 bits per heavy atom. The van der Waals surface area contributed by atoms with E-state index in [4.69, 9.17) is 14.6 Å². The number of carboxylic acid groups (broad SMARTS) is 1. The number of hydrogen-bond donors (Lipinski definition) is 2. The molecule has 1 rings (SSSR count). The summed E-state index contributed by atoms with van der Waals surface area (Å²) in [6.45, 7) is 3.89. The fourth-order valence-electron chi connectivity index (χ4n) is 2.12. The first kappa shape index (κ1) is 16.7. The van der Waals surface area contributed by atoms with Gasteiger partial charge in [-0.3, -0.25) is 0 Å². The van der Waals surface area contributed by atoms with Gasteiger partial charge in [-0.1, -0.05) is 0 Å². The molecule has 1 aliphatic heterocycles. The number of nitrogens with one attached hydrogen (secondary N) is 1. The highest BCUT2D eigenvalue weighted by Gasteiger charge is 2.25. The van der Waals surface area contributed by atoms with Crippen molar-refractivity contribution in [3.8, 4) is 0 Å². The van der Waals surface area contributed by atoms with Gasteiger partial charge < -0.3 is 24.8 Å². The minimum Gasteiger partial charge on any atom is -0.480 e. The molecular weight excluding hydrogens is 264 g/mol. The second-order valence-electron chi connectivity index (χ2n) is 4.80. The van der Waals surface area contributed by atoms with Crippen LogP contribution in [0, 0.1) is 0 Å². The van der Waals surface area contributed by atoms with Gasteiger partial charge in [0.25, 0.3) is 0 Å². The van der Waals surface area contributed by atoms with Crippen LogP contribution in [0.3, 0.4) is 0 Å². The van der Waals surface area contributed by atoms with Gasteiger partial charge in [0.1, 0.15) is 6.04 Å². The fraction of sp³-hybridized carbons (Fsp3) is 0.846. The molecule has 1 heterocycles. The number of aliphatic carboxylic acids is 1. The molecule has 2 N–H and O–H groups in total. The van der Waals surface area contributed by atoms with Crippen LogP contribution < -0.4 is 5.32 Å². The molecule has 7 heteroatoms. The summed E-state index contributed by atoms with van der Waals surface area (Å²) in [4.78, 5) is 24.8. The van der Waals surface area contributed by atoms with E-state index in [1.54, 1.807) is 4.90 Å². The topological polar surface area (TPSA) is 88.1 Å². The third-order valence-corrected chi connectivity index (χ3v) is 3.32. The van der Waals surface area contributed by atoms with Crippen LogP contribution in [-0.4, -0.2) is 67.6 Å². The van der Waals surface area contributed by atoms with E-state index in [0.29, 0.717) is 13.1 Å². The summed E-state index contributed by atoms with van der Waals surface area (Å²) in [5, 5.41) is 11.6. The highest BCUT2D eigenvalue weighted by atomic mass is 16.5. The van der Waals surface area contributed by atoms with Crippen molar-refractivity contribution in [2.24, 2.45) is 0 Å². The van der Waals surface area contributed by atoms with Crippen molar-refractivity contribution in [1.29, 1.82) is 0 Å². The number of carbonyl (C=O) groups excluding carboxylic acids is 1. The number of carbonyl (C=O) groups is 2. The lowest BCUT2D eigenvalue weighted by Crippen LogP contribution is -2.50. The van der Waals surface area contributed by atoms with Crippen LogP contribution in [0.4, 0.5) is 4.79 Å². The molecule has 0 aromatic rings. The van der Waals surface area contributed by atoms with E-state index in [-0.39, 0.29) is 25.2 Å². The lowest BCUT2D eigenvalue weighted by Gasteiger charge is -2.26. The van der Waals surface area contributed by atoms with E-state index >= 15 is 0 Å². The lowest BCUT2D eigenvalue weighted by molar-refractivity contribution is -0.139. The van der Waals surface area contributed by atoms with Crippen molar-refractivity contribution in [3.63, 3.8) is 0 Å². The van der Waals surface area contributed by atoms with E-state index < -0.39 is 12.0 Å². The summed E-state index contributed by atoms with van der Waals surface area (Å²) in [7, 11) is 1.50. The number of rotatable bonds is 8. The average molecular weight is 288 g/mol. The van der Waals surface area contributed by atoms with Gasteiger partial charge in [0, 0.05) is 39.8 Å². The van der Waals surface area contributed by atoms with Gasteiger partial charge in [0.15, 0.2) is 0 Å². The predicted molar refractivity (Wildman–Crippen MR) is 72.7 cm³/mol. The summed E-state index contributed by atoms with van der Waals surface area (Å²) in [5.74, 6) is -1.05. The summed E-state index contributed by atoms with van der Waals surface area (Å²) in [5.41, 5.74) is 0. The average Bonchev–Trinajstić information content (AvgIpc) is 2.93. The van der Waals surface area contributed by atoms with Crippen LogP contribution in [0.2, 0.25) is 0 Å². The monoisotopic (exact) mass is 288 g/mol. The standard InChI is InChI=1S/C13H24N2O5/c1-3-15(9-10-5-4-7-20-10)13(18)14-11(12(16)17)6-8-19-2/h10-11H,3-9H2,1-2H3,(H,14,18)(H,16,17). The molecule has 2 unspecified atom stereocenters. The fourth-order valence-corrected chi connectivity index (χ4v) is 2.12. The molecule has 1 saturated heterocycles. The number of amides is 2. The summed E-state index contributed by atoms with van der Waals surface area (Å²) in [6, 6.07) is -1.30. The molecule has 0 aliphatic carbocycles. The van der Waals surface area contributed by atoms with Crippen molar-refractivity contribution in [2.45, 2.75) is 38.3 Å². The Bertz CT molecular complexity index is 318. The maximum atomic E-state index is 12.1. The molecule has 0 aromatic carbocycles. The Morgan fingerprint density at radius 3 is 2.80 bits per heavy atom. The predicted octanol–water partition coefficient (Wildman–Crippen LogP) is 0.687. The molecule has 116 valence electrons. The van der Waals surface area contributed by atoms with Crippen LogP contribution in [0.25, 0.3) is 0 Å². The van der Waals surface area contributed by atoms with Gasteiger partial charge in [-0.15, -0.1) is 0 Å². The van der Waals surface area contributed by atoms with Crippen LogP contribution in [0.5, 0.6) is 0 Å². The molecule has 0 radical (unpaired) electrons. The Labute approximate surface area is 119 Å². The number of methoxy groups -OCH3 is 1. The highest BCUT2D eigenvalue weighted by Crippen LogP contribution is 2.13. The molecule has 0 bridgehead atoms. The van der Waals surface area contributed by atoms with Crippen LogP contribution in [0.1, 0.15) is 26.2 Å². The first-order valence-electron chi connectivity index (χ1n) is 6.97. The molecule has 1 fully saturated rings. The van der Waals surface area contributed by atoms with Gasteiger partial charge in [-0.25, -0.2) is 9.59 Å². The molecule has 0 saturated carbocycles. The molecule has 0 spiro atoms. The van der Waals surface area contributed by atoms with Gasteiger partial charge in [0.05, 0.1) is 6.10 Å². The zero-order valence-corrected chi connectivity index (χ0v) is 12.1. The van der Waals surface area contributed by atoms with Crippen LogP contribution in [-0.2, 0) is 14.3 Å². The van der Waals surface area contributed by atoms with E-state index in [1.807, 2.05) is 6.92 Å². The maximum absolute atomic E-state index is 12.1. The van der Waals surface area contributed by atoms with E-state index in [0.717, 1.165) is 19.4 Å². The molecule has 0 aromatic heterocycles. The Morgan fingerprint density at radius 2 is 2.30 bits per heavy atom. The number of ether oxygens (including phenoxy) is 2. The van der Waals surface area contributed by atoms with Gasteiger partial charge >= 0.3 is 12.0 Å². The highest BCUT2D eigenvalue weighted by molar-refractivity contribution is 5.82. The normalized spacial score (nSPS) is 19.6. The van der Waals surface area contributed by atoms with E-state index in [2.05, 4.69) is 5.32 Å². The second kappa shape index (κ2) is 8.76. The van der Waals surface area contributed by atoms with Gasteiger partial charge in [0.2, 0.25) is 0 Å². The first-order chi connectivity index (χ1) is 9.58. The molecule has 7 nitrogen and oxygen atoms in total. The SMILES string of the molecule is CCN(CC1CCCO1)C(=O)NC(CCOC)C(=O)O. The molecule has 1 aliphatic rings. The van der Waals surface area contributed by atoms with Crippen molar-refractivity contribution >= 4 is 12.0 Å². The van der Waals surface area contributed by atoms with Crippen LogP contribution in [0.15, 0.2) is 0 Å². The largest absolute Gasteiger partial charge is 0.480 e. The Hall–Kier alpha value is -1.34. The number of likely N-dealkylation sites (N-methyl/N-ethyl adjacent to an activating group) is 1. The smallest absolute Gasteiger partial charge is 0.326 e. The summed E-state index contributed by atoms with van der Waals surface area (Å²) in [6.07, 6.45) is 2.25. The third-order valence-electron chi connectivity index (χ3n) is 3.32. The molecular formula is C13H24N2O5. The van der Waals surface area contributed by atoms with Gasteiger partial charge in [-0.05, 0) is 19.8 Å². The number of nitrogens with zero attached hydrogens (tertiary/aromatic N) is 1. The number of carboxylic acids is 1.